The van der Waals surface area contributed by atoms with E-state index in [1.54, 1.807) is 0 Å². The fourth-order valence-electron chi connectivity index (χ4n) is 5.06. The first-order valence-corrected chi connectivity index (χ1v) is 21.5. The zero-order valence-corrected chi connectivity index (χ0v) is 33.4. The van der Waals surface area contributed by atoms with E-state index in [-0.39, 0.29) is 147 Å². The standard InChI is InChI=1S/C31H41N11O14S3.Na.H/c1-56-31-39-28(38-30(40-31)42(11-15-45)12-16-46)34-23-7-5-21(25(19-23)59(53,54)55)3-2-20-4-6-22(18-24(20)58(50,51)52)33-27-35-26(32-8-17-57(47,48)49)36-29(37-27)41(9-13-43)10-14-44;;/h2-7,18-19,43-46H,8-17H2,1H3,(H,47,48,49)(H,50,51,52)(H,53,54,55)(H,34,38,39,40)(H2,32,33,35,36,37);;/b3-2+;;. The first-order chi connectivity index (χ1) is 27.9. The number of methoxy groups -OCH3 is 1. The summed E-state index contributed by atoms with van der Waals surface area (Å²) in [6.45, 7) is -1.61. The summed E-state index contributed by atoms with van der Waals surface area (Å²) in [4.78, 5) is 26.4. The minimum atomic E-state index is -4.97. The molecule has 0 aliphatic heterocycles. The molecule has 4 aromatic rings. The Kier molecular flexibility index (Phi) is 18.7. The Hall–Kier alpha value is -4.43. The molecule has 0 unspecified atom stereocenters. The topological polar surface area (TPSA) is 373 Å². The van der Waals surface area contributed by atoms with Crippen LogP contribution in [0.3, 0.4) is 0 Å². The summed E-state index contributed by atoms with van der Waals surface area (Å²) in [6.07, 6.45) is 2.32. The van der Waals surface area contributed by atoms with Gasteiger partial charge in [0.1, 0.15) is 9.79 Å². The van der Waals surface area contributed by atoms with E-state index in [0.29, 0.717) is 0 Å². The van der Waals surface area contributed by atoms with Crippen LogP contribution in [-0.4, -0.2) is 191 Å². The molecular formula is C31H42N11NaO14S3. The van der Waals surface area contributed by atoms with E-state index in [0.717, 1.165) is 24.3 Å². The normalized spacial score (nSPS) is 11.9. The molecule has 0 spiro atoms. The first-order valence-electron chi connectivity index (χ1n) is 17.0. The van der Waals surface area contributed by atoms with E-state index in [2.05, 4.69) is 45.9 Å². The van der Waals surface area contributed by atoms with Crippen molar-refractivity contribution in [2.24, 2.45) is 0 Å². The van der Waals surface area contributed by atoms with Gasteiger partial charge in [-0.15, -0.1) is 0 Å². The Labute approximate surface area is 366 Å². The predicted octanol–water partition coefficient (Wildman–Crippen LogP) is -1.55. The van der Waals surface area contributed by atoms with Crippen molar-refractivity contribution in [3.05, 3.63) is 47.5 Å². The van der Waals surface area contributed by atoms with Crippen molar-refractivity contribution in [2.45, 2.75) is 9.79 Å². The molecule has 2 aromatic carbocycles. The Balaban J connectivity index is 0.00000961. The molecule has 0 saturated heterocycles. The van der Waals surface area contributed by atoms with Crippen molar-refractivity contribution >= 4 is 113 Å². The molecule has 29 heteroatoms. The second kappa shape index (κ2) is 22.4. The molecule has 0 radical (unpaired) electrons. The van der Waals surface area contributed by atoms with Crippen LogP contribution < -0.4 is 30.5 Å². The quantitative estimate of drug-likeness (QED) is 0.0229. The van der Waals surface area contributed by atoms with Crippen molar-refractivity contribution in [1.82, 2.24) is 29.9 Å². The third kappa shape index (κ3) is 14.9. The van der Waals surface area contributed by atoms with Gasteiger partial charge < -0.3 is 50.9 Å². The molecule has 60 heavy (non-hydrogen) atoms. The summed E-state index contributed by atoms with van der Waals surface area (Å²) >= 11 is 0. The Morgan fingerprint density at radius 1 is 0.617 bits per heavy atom. The maximum absolute atomic E-state index is 12.6. The van der Waals surface area contributed by atoms with Gasteiger partial charge in [-0.3, -0.25) is 13.7 Å². The van der Waals surface area contributed by atoms with E-state index in [4.69, 9.17) is 9.29 Å². The van der Waals surface area contributed by atoms with Crippen molar-refractivity contribution in [3.63, 3.8) is 0 Å². The van der Waals surface area contributed by atoms with Crippen LogP contribution in [0.25, 0.3) is 12.2 Å². The Bertz CT molecular complexity index is 2440. The molecule has 324 valence electrons. The fraction of sp³-hybridized carbons (Fsp3) is 0.355. The average molecular weight is 912 g/mol. The average Bonchev–Trinajstić information content (AvgIpc) is 3.16. The second-order valence-electron chi connectivity index (χ2n) is 11.8. The minimum absolute atomic E-state index is 0. The Morgan fingerprint density at radius 3 is 1.43 bits per heavy atom. The zero-order valence-electron chi connectivity index (χ0n) is 31.0. The molecule has 0 saturated carbocycles. The van der Waals surface area contributed by atoms with Gasteiger partial charge >= 0.3 is 35.6 Å². The second-order valence-corrected chi connectivity index (χ2v) is 16.2. The monoisotopic (exact) mass is 911 g/mol. The zero-order chi connectivity index (χ0) is 43.4. The SMILES string of the molecule is COc1nc(Nc2ccc(/C=C/c3ccc(Nc4nc(NCCS(=O)(=O)O)nc(N(CCO)CCO)n4)cc3S(=O)(=O)O)c(S(=O)(=O)O)c2)nc(N(CCO)CCO)n1.[NaH]. The molecule has 2 heterocycles. The number of anilines is 7. The molecule has 0 bridgehead atoms. The van der Waals surface area contributed by atoms with Gasteiger partial charge in [-0.1, -0.05) is 24.3 Å². The van der Waals surface area contributed by atoms with E-state index in [1.165, 1.54) is 41.2 Å². The van der Waals surface area contributed by atoms with Crippen molar-refractivity contribution in [1.29, 1.82) is 0 Å². The summed E-state index contributed by atoms with van der Waals surface area (Å²) in [6, 6.07) is 7.13. The van der Waals surface area contributed by atoms with E-state index >= 15 is 0 Å². The molecule has 2 aromatic heterocycles. The number of rotatable bonds is 23. The van der Waals surface area contributed by atoms with Crippen molar-refractivity contribution in [3.8, 4) is 6.01 Å². The van der Waals surface area contributed by atoms with Crippen molar-refractivity contribution in [2.75, 3.05) is 97.8 Å². The number of aromatic nitrogens is 6. The number of ether oxygens (including phenoxy) is 1. The molecule has 0 atom stereocenters. The van der Waals surface area contributed by atoms with Crippen LogP contribution in [0, 0.1) is 0 Å². The molecule has 4 rings (SSSR count). The van der Waals surface area contributed by atoms with E-state index < -0.39 is 45.9 Å². The predicted molar refractivity (Wildman–Crippen MR) is 219 cm³/mol. The van der Waals surface area contributed by atoms with E-state index in [1.807, 2.05) is 0 Å². The van der Waals surface area contributed by atoms with Gasteiger partial charge in [-0.05, 0) is 35.4 Å². The van der Waals surface area contributed by atoms with Gasteiger partial charge in [0, 0.05) is 44.1 Å². The summed E-state index contributed by atoms with van der Waals surface area (Å²) in [7, 11) is -13.0. The van der Waals surface area contributed by atoms with Crippen molar-refractivity contribution < 1.29 is 64.1 Å². The van der Waals surface area contributed by atoms with Gasteiger partial charge in [0.05, 0.1) is 39.3 Å². The number of aliphatic hydroxyl groups is 4. The maximum atomic E-state index is 12.6. The van der Waals surface area contributed by atoms with E-state index in [9.17, 15) is 54.8 Å². The molecule has 0 aliphatic carbocycles. The molecule has 0 aliphatic rings. The number of hydrogen-bond donors (Lipinski definition) is 10. The number of hydrogen-bond acceptors (Lipinski definition) is 22. The van der Waals surface area contributed by atoms with Crippen LogP contribution in [0.1, 0.15) is 11.1 Å². The van der Waals surface area contributed by atoms with Crippen LogP contribution in [0.4, 0.5) is 41.1 Å². The number of nitrogens with one attached hydrogen (secondary N) is 3. The summed E-state index contributed by atoms with van der Waals surface area (Å²) < 4.78 is 107. The van der Waals surface area contributed by atoms with Gasteiger partial charge in [0.25, 0.3) is 30.4 Å². The van der Waals surface area contributed by atoms with Crippen LogP contribution in [0.2, 0.25) is 0 Å². The third-order valence-electron chi connectivity index (χ3n) is 7.64. The van der Waals surface area contributed by atoms with Crippen LogP contribution in [0.5, 0.6) is 6.01 Å². The van der Waals surface area contributed by atoms with Gasteiger partial charge in [-0.25, -0.2) is 0 Å². The summed E-state index contributed by atoms with van der Waals surface area (Å²) in [5, 5.41) is 45.9. The number of aliphatic hydroxyl groups excluding tert-OH is 4. The molecule has 0 amide bonds. The first kappa shape index (κ1) is 49.9. The third-order valence-corrected chi connectivity index (χ3v) is 10.2. The van der Waals surface area contributed by atoms with Gasteiger partial charge in [0.2, 0.25) is 29.7 Å². The van der Waals surface area contributed by atoms with Gasteiger partial charge in [-0.2, -0.15) is 55.2 Å². The van der Waals surface area contributed by atoms with Crippen LogP contribution >= 0.6 is 0 Å². The molecular weight excluding hydrogens is 870 g/mol. The summed E-state index contributed by atoms with van der Waals surface area (Å²) in [5.41, 5.74) is -0.195. The number of nitrogens with zero attached hydrogens (tertiary/aromatic N) is 8. The Morgan fingerprint density at radius 2 is 1.03 bits per heavy atom. The van der Waals surface area contributed by atoms with Crippen LogP contribution in [-0.2, 0) is 30.4 Å². The molecule has 0 fully saturated rings. The number of benzene rings is 2. The summed E-state index contributed by atoms with van der Waals surface area (Å²) in [5.74, 6) is -1.35. The molecule has 10 N–H and O–H groups in total. The molecule has 25 nitrogen and oxygen atoms in total. The fourth-order valence-corrected chi connectivity index (χ4v) is 6.84. The van der Waals surface area contributed by atoms with Gasteiger partial charge in [0.15, 0.2) is 0 Å². The van der Waals surface area contributed by atoms with Crippen LogP contribution in [0.15, 0.2) is 46.2 Å².